The molecule has 4 aliphatic carbocycles. The number of aliphatic hydroxyl groups is 2. The Bertz CT molecular complexity index is 1300. The van der Waals surface area contributed by atoms with Gasteiger partial charge in [-0.2, -0.15) is 0 Å². The van der Waals surface area contributed by atoms with Crippen LogP contribution < -0.4 is 0 Å². The highest BCUT2D eigenvalue weighted by atomic mass is 32.2. The predicted octanol–water partition coefficient (Wildman–Crippen LogP) is 4.32. The van der Waals surface area contributed by atoms with Gasteiger partial charge in [0, 0.05) is 42.4 Å². The molecule has 0 radical (unpaired) electrons. The molecule has 0 aromatic rings. The number of aliphatic hydroxyl groups excluding tert-OH is 1. The van der Waals surface area contributed by atoms with Gasteiger partial charge >= 0.3 is 11.9 Å². The molecule has 10 heteroatoms. The fourth-order valence-corrected chi connectivity index (χ4v) is 9.96. The molecule has 11 atom stereocenters. The first-order valence-corrected chi connectivity index (χ1v) is 17.0. The maximum atomic E-state index is 12.4. The van der Waals surface area contributed by atoms with Crippen LogP contribution in [0.15, 0.2) is 23.8 Å². The number of hydrogen-bond donors (Lipinski definition) is 2. The molecular weight excluding hydrogens is 584 g/mol. The highest BCUT2D eigenvalue weighted by molar-refractivity contribution is 8.13. The molecule has 3 saturated carbocycles. The average Bonchev–Trinajstić information content (AvgIpc) is 3.16. The number of ketones is 1. The van der Waals surface area contributed by atoms with Gasteiger partial charge in [-0.25, -0.2) is 0 Å². The van der Waals surface area contributed by atoms with Crippen molar-refractivity contribution >= 4 is 34.6 Å². The largest absolute Gasteiger partial charge is 0.462 e. The quantitative estimate of drug-likeness (QED) is 0.308. The van der Waals surface area contributed by atoms with Crippen molar-refractivity contribution in [3.63, 3.8) is 0 Å². The number of fused-ring (bicyclic) bond motifs is 6. The van der Waals surface area contributed by atoms with E-state index in [0.717, 1.165) is 30.2 Å². The Morgan fingerprint density at radius 1 is 1.18 bits per heavy atom. The zero-order chi connectivity index (χ0) is 32.6. The second kappa shape index (κ2) is 11.1. The zero-order valence-corrected chi connectivity index (χ0v) is 28.0. The van der Waals surface area contributed by atoms with Gasteiger partial charge in [-0.15, -0.1) is 0 Å². The third-order valence-corrected chi connectivity index (χ3v) is 13.1. The van der Waals surface area contributed by atoms with E-state index in [1.165, 1.54) is 6.92 Å². The van der Waals surface area contributed by atoms with E-state index in [2.05, 4.69) is 20.8 Å². The number of carbonyl (C=O) groups excluding carboxylic acids is 4. The van der Waals surface area contributed by atoms with E-state index in [0.29, 0.717) is 12.8 Å². The summed E-state index contributed by atoms with van der Waals surface area (Å²) in [6.45, 7) is 12.7. The molecule has 44 heavy (non-hydrogen) atoms. The number of carbonyl (C=O) groups is 4. The summed E-state index contributed by atoms with van der Waals surface area (Å²) in [5.41, 5.74) is -3.34. The average molecular weight is 633 g/mol. The summed E-state index contributed by atoms with van der Waals surface area (Å²) in [6.07, 6.45) is 7.87. The lowest BCUT2D eigenvalue weighted by Gasteiger charge is -2.66. The third-order valence-electron chi connectivity index (χ3n) is 12.5. The van der Waals surface area contributed by atoms with Crippen molar-refractivity contribution < 1.29 is 43.6 Å². The van der Waals surface area contributed by atoms with Crippen LogP contribution in [0.4, 0.5) is 0 Å². The number of allylic oxidation sites excluding steroid dienone is 3. The number of rotatable bonds is 7. The first-order valence-electron chi connectivity index (χ1n) is 15.8. The van der Waals surface area contributed by atoms with Gasteiger partial charge in [0.1, 0.15) is 29.3 Å². The first-order chi connectivity index (χ1) is 20.3. The standard InChI is InChI=1S/C34H48O9S/c1-18-25(17-33(7,40)30(3,4)43-27(38)16-28(39)44-8)42-34(18)26(37)15-23-29-22(10-12-32(23,34)6)31(5)11-9-21(36)13-20(31)14-24(29)41-19(2)35/h9,11,13,18,22-26,29,37,40H,10,12,14-17H2,1-8H3. The van der Waals surface area contributed by atoms with E-state index in [1.807, 2.05) is 6.08 Å². The van der Waals surface area contributed by atoms with E-state index in [1.54, 1.807) is 39.2 Å². The second-order valence-corrected chi connectivity index (χ2v) is 15.9. The molecule has 2 N–H and O–H groups in total. The Balaban J connectivity index is 1.38. The molecule has 0 amide bonds. The van der Waals surface area contributed by atoms with Crippen LogP contribution in [0.5, 0.6) is 0 Å². The molecule has 1 spiro atoms. The molecule has 0 aromatic carbocycles. The number of hydrogen-bond acceptors (Lipinski definition) is 10. The normalized spacial score (nSPS) is 42.3. The van der Waals surface area contributed by atoms with Crippen molar-refractivity contribution in [2.24, 2.45) is 34.5 Å². The Kier molecular flexibility index (Phi) is 8.38. The van der Waals surface area contributed by atoms with Crippen molar-refractivity contribution in [1.82, 2.24) is 0 Å². The summed E-state index contributed by atoms with van der Waals surface area (Å²) in [5.74, 6) is -1.07. The number of ether oxygens (including phenoxy) is 3. The van der Waals surface area contributed by atoms with Crippen LogP contribution in [0.2, 0.25) is 0 Å². The van der Waals surface area contributed by atoms with Gasteiger partial charge in [-0.1, -0.05) is 44.2 Å². The molecule has 5 aliphatic rings. The summed E-state index contributed by atoms with van der Waals surface area (Å²) < 4.78 is 18.3. The van der Waals surface area contributed by atoms with Gasteiger partial charge in [0.05, 0.1) is 12.2 Å². The third kappa shape index (κ3) is 4.94. The van der Waals surface area contributed by atoms with Gasteiger partial charge in [0.2, 0.25) is 0 Å². The van der Waals surface area contributed by atoms with Crippen molar-refractivity contribution in [2.45, 2.75) is 122 Å². The van der Waals surface area contributed by atoms with Crippen LogP contribution in [0.3, 0.4) is 0 Å². The lowest BCUT2D eigenvalue weighted by molar-refractivity contribution is -0.344. The molecular formula is C34H48O9S. The van der Waals surface area contributed by atoms with Gasteiger partial charge < -0.3 is 24.4 Å². The number of thioether (sulfide) groups is 1. The molecule has 11 unspecified atom stereocenters. The fourth-order valence-electron chi connectivity index (χ4n) is 9.70. The topological polar surface area (TPSA) is 136 Å². The van der Waals surface area contributed by atoms with E-state index in [-0.39, 0.29) is 58.8 Å². The van der Waals surface area contributed by atoms with Crippen LogP contribution in [0, 0.1) is 34.5 Å². The Morgan fingerprint density at radius 3 is 2.48 bits per heavy atom. The minimum Gasteiger partial charge on any atom is -0.462 e. The Labute approximate surface area is 264 Å². The van der Waals surface area contributed by atoms with Gasteiger partial charge in [-0.05, 0) is 70.3 Å². The fraction of sp³-hybridized carbons (Fsp3) is 0.765. The lowest BCUT2D eigenvalue weighted by atomic mass is 9.45. The second-order valence-electron chi connectivity index (χ2n) is 15.0. The van der Waals surface area contributed by atoms with Gasteiger partial charge in [0.25, 0.3) is 0 Å². The van der Waals surface area contributed by atoms with Crippen molar-refractivity contribution in [3.8, 4) is 0 Å². The summed E-state index contributed by atoms with van der Waals surface area (Å²) in [4.78, 5) is 48.7. The summed E-state index contributed by atoms with van der Waals surface area (Å²) in [5, 5.41) is 23.0. The predicted molar refractivity (Wildman–Crippen MR) is 164 cm³/mol. The highest BCUT2D eigenvalue weighted by Gasteiger charge is 2.76. The van der Waals surface area contributed by atoms with E-state index >= 15 is 0 Å². The summed E-state index contributed by atoms with van der Waals surface area (Å²) in [7, 11) is 0. The molecule has 0 aromatic heterocycles. The van der Waals surface area contributed by atoms with Gasteiger partial charge in [0.15, 0.2) is 10.9 Å². The van der Waals surface area contributed by atoms with Crippen LogP contribution in [-0.4, -0.2) is 74.4 Å². The zero-order valence-electron chi connectivity index (χ0n) is 27.2. The lowest BCUT2D eigenvalue weighted by Crippen LogP contribution is -2.72. The SMILES string of the molecule is CSC(=O)CC(=O)OC(C)(C)C(C)(O)CC1OC2(C(O)CC3C4C(OC(C)=O)CC5=CC(=O)C=CC5(C)C4CCC32C)C1C. The molecule has 9 nitrogen and oxygen atoms in total. The minimum absolute atomic E-state index is 0.0141. The molecule has 1 aliphatic heterocycles. The highest BCUT2D eigenvalue weighted by Crippen LogP contribution is 2.72. The molecule has 5 rings (SSSR count). The van der Waals surface area contributed by atoms with Crippen molar-refractivity contribution in [1.29, 1.82) is 0 Å². The monoisotopic (exact) mass is 632 g/mol. The maximum Gasteiger partial charge on any atom is 0.314 e. The maximum absolute atomic E-state index is 12.4. The summed E-state index contributed by atoms with van der Waals surface area (Å²) in [6, 6.07) is 0. The minimum atomic E-state index is -1.47. The molecule has 1 saturated heterocycles. The molecule has 0 bridgehead atoms. The van der Waals surface area contributed by atoms with E-state index in [4.69, 9.17) is 14.2 Å². The molecule has 1 heterocycles. The Morgan fingerprint density at radius 2 is 1.86 bits per heavy atom. The van der Waals surface area contributed by atoms with Crippen molar-refractivity contribution in [2.75, 3.05) is 6.26 Å². The Hall–Kier alpha value is -2.01. The molecule has 4 fully saturated rings. The van der Waals surface area contributed by atoms with Crippen LogP contribution in [0.1, 0.15) is 87.0 Å². The van der Waals surface area contributed by atoms with Crippen LogP contribution >= 0.6 is 11.8 Å². The first kappa shape index (κ1) is 33.4. The summed E-state index contributed by atoms with van der Waals surface area (Å²) >= 11 is 0.955. The number of esters is 2. The van der Waals surface area contributed by atoms with E-state index < -0.39 is 46.5 Å². The molecule has 244 valence electrons. The van der Waals surface area contributed by atoms with Gasteiger partial charge in [-0.3, -0.25) is 19.2 Å². The van der Waals surface area contributed by atoms with Crippen LogP contribution in [0.25, 0.3) is 0 Å². The smallest absolute Gasteiger partial charge is 0.314 e. The van der Waals surface area contributed by atoms with E-state index in [9.17, 15) is 29.4 Å². The van der Waals surface area contributed by atoms with Crippen LogP contribution in [-0.2, 0) is 33.4 Å². The van der Waals surface area contributed by atoms with Crippen molar-refractivity contribution in [3.05, 3.63) is 23.8 Å².